The number of aromatic nitrogens is 2. The zero-order valence-corrected chi connectivity index (χ0v) is 15.1. The predicted octanol–water partition coefficient (Wildman–Crippen LogP) is 3.07. The second-order valence-corrected chi connectivity index (χ2v) is 6.01. The van der Waals surface area contributed by atoms with Crippen molar-refractivity contribution in [2.24, 2.45) is 0 Å². The number of hydrogen-bond acceptors (Lipinski definition) is 5. The third-order valence-electron chi connectivity index (χ3n) is 4.26. The van der Waals surface area contributed by atoms with E-state index in [0.717, 1.165) is 6.07 Å². The third-order valence-corrected chi connectivity index (χ3v) is 4.26. The molecule has 8 heteroatoms. The number of fused-ring (bicyclic) bond motifs is 1. The number of nitrogens with one attached hydrogen (secondary N) is 2. The largest absolute Gasteiger partial charge is 0.493 e. The Bertz CT molecular complexity index is 1040. The number of methoxy groups -OCH3 is 2. The third kappa shape index (κ3) is 3.90. The maximum atomic E-state index is 13.9. The van der Waals surface area contributed by atoms with Crippen LogP contribution in [-0.4, -0.2) is 24.2 Å². The van der Waals surface area contributed by atoms with E-state index in [-0.39, 0.29) is 12.1 Å². The average molecular weight is 375 g/mol. The number of halogens is 2. The monoisotopic (exact) mass is 375 g/mol. The molecule has 0 spiro atoms. The molecule has 0 radical (unpaired) electrons. The van der Waals surface area contributed by atoms with Gasteiger partial charge >= 0.3 is 0 Å². The molecule has 27 heavy (non-hydrogen) atoms. The van der Waals surface area contributed by atoms with Crippen molar-refractivity contribution in [2.75, 3.05) is 14.2 Å². The van der Waals surface area contributed by atoms with Crippen molar-refractivity contribution in [3.63, 3.8) is 0 Å². The smallest absolute Gasteiger partial charge is 0.258 e. The predicted molar refractivity (Wildman–Crippen MR) is 97.1 cm³/mol. The second kappa shape index (κ2) is 7.71. The van der Waals surface area contributed by atoms with Crippen molar-refractivity contribution in [1.82, 2.24) is 15.3 Å². The van der Waals surface area contributed by atoms with Gasteiger partial charge in [-0.3, -0.25) is 4.79 Å². The summed E-state index contributed by atoms with van der Waals surface area (Å²) < 4.78 is 37.4. The van der Waals surface area contributed by atoms with E-state index in [2.05, 4.69) is 15.3 Å². The summed E-state index contributed by atoms with van der Waals surface area (Å²) in [5.74, 6) is 0.0154. The second-order valence-electron chi connectivity index (χ2n) is 6.01. The molecule has 1 heterocycles. The van der Waals surface area contributed by atoms with Gasteiger partial charge in [0.05, 0.1) is 31.7 Å². The SMILES string of the molecule is COc1cc2nc(CN[C@H](C)c3ccc(F)cc3F)[nH]c(=O)c2cc1OC. The summed E-state index contributed by atoms with van der Waals surface area (Å²) in [5.41, 5.74) is 0.457. The summed E-state index contributed by atoms with van der Waals surface area (Å²) in [6.07, 6.45) is 0. The van der Waals surface area contributed by atoms with Crippen LogP contribution in [0.3, 0.4) is 0 Å². The van der Waals surface area contributed by atoms with E-state index in [1.165, 1.54) is 26.4 Å². The van der Waals surface area contributed by atoms with Gasteiger partial charge in [0.15, 0.2) is 11.5 Å². The van der Waals surface area contributed by atoms with E-state index in [1.54, 1.807) is 19.1 Å². The van der Waals surface area contributed by atoms with Crippen molar-refractivity contribution in [3.8, 4) is 11.5 Å². The van der Waals surface area contributed by atoms with Crippen LogP contribution in [0.25, 0.3) is 10.9 Å². The first-order valence-corrected chi connectivity index (χ1v) is 8.26. The zero-order chi connectivity index (χ0) is 19.6. The molecule has 0 unspecified atom stereocenters. The quantitative estimate of drug-likeness (QED) is 0.693. The molecule has 2 N–H and O–H groups in total. The Morgan fingerprint density at radius 2 is 1.85 bits per heavy atom. The van der Waals surface area contributed by atoms with Crippen LogP contribution in [0, 0.1) is 11.6 Å². The normalized spacial score (nSPS) is 12.2. The highest BCUT2D eigenvalue weighted by Gasteiger charge is 2.14. The van der Waals surface area contributed by atoms with Crippen LogP contribution in [0.15, 0.2) is 35.1 Å². The van der Waals surface area contributed by atoms with E-state index >= 15 is 0 Å². The Labute approximate surface area is 154 Å². The fourth-order valence-electron chi connectivity index (χ4n) is 2.81. The molecule has 3 rings (SSSR count). The molecule has 0 aliphatic rings. The van der Waals surface area contributed by atoms with Gasteiger partial charge in [-0.2, -0.15) is 0 Å². The van der Waals surface area contributed by atoms with Crippen molar-refractivity contribution in [2.45, 2.75) is 19.5 Å². The van der Waals surface area contributed by atoms with Crippen molar-refractivity contribution < 1.29 is 18.3 Å². The zero-order valence-electron chi connectivity index (χ0n) is 15.1. The lowest BCUT2D eigenvalue weighted by molar-refractivity contribution is 0.355. The molecule has 0 bridgehead atoms. The molecule has 6 nitrogen and oxygen atoms in total. The summed E-state index contributed by atoms with van der Waals surface area (Å²) in [7, 11) is 2.98. The van der Waals surface area contributed by atoms with Crippen LogP contribution in [0.2, 0.25) is 0 Å². The fourth-order valence-corrected chi connectivity index (χ4v) is 2.81. The lowest BCUT2D eigenvalue weighted by Crippen LogP contribution is -2.23. The van der Waals surface area contributed by atoms with E-state index < -0.39 is 17.7 Å². The van der Waals surface area contributed by atoms with E-state index in [9.17, 15) is 13.6 Å². The number of rotatable bonds is 6. The number of nitrogens with zero attached hydrogens (tertiary/aromatic N) is 1. The summed E-state index contributed by atoms with van der Waals surface area (Å²) in [6, 6.07) is 6.20. The Morgan fingerprint density at radius 3 is 2.52 bits per heavy atom. The molecule has 0 fully saturated rings. The molecule has 3 aromatic rings. The number of H-pyrrole nitrogens is 1. The molecule has 1 aromatic heterocycles. The van der Waals surface area contributed by atoms with Gasteiger partial charge in [-0.15, -0.1) is 0 Å². The lowest BCUT2D eigenvalue weighted by Gasteiger charge is -2.15. The van der Waals surface area contributed by atoms with Gasteiger partial charge in [0.25, 0.3) is 5.56 Å². The van der Waals surface area contributed by atoms with Crippen LogP contribution < -0.4 is 20.3 Å². The molecule has 0 aliphatic heterocycles. The standard InChI is InChI=1S/C19H19F2N3O3/c1-10(12-5-4-11(20)6-14(12)21)22-9-18-23-15-8-17(27-3)16(26-2)7-13(15)19(25)24-18/h4-8,10,22H,9H2,1-3H3,(H,23,24,25)/t10-/m1/s1. The topological polar surface area (TPSA) is 76.2 Å². The Kier molecular flexibility index (Phi) is 5.36. The van der Waals surface area contributed by atoms with Crippen LogP contribution in [0.4, 0.5) is 8.78 Å². The first kappa shape index (κ1) is 18.8. The molecule has 1 atom stereocenters. The maximum absolute atomic E-state index is 13.9. The minimum absolute atomic E-state index is 0.192. The minimum atomic E-state index is -0.633. The Balaban J connectivity index is 1.85. The lowest BCUT2D eigenvalue weighted by atomic mass is 10.1. The highest BCUT2D eigenvalue weighted by Crippen LogP contribution is 2.29. The van der Waals surface area contributed by atoms with Gasteiger partial charge in [-0.1, -0.05) is 6.07 Å². The number of aromatic amines is 1. The molecule has 0 aliphatic carbocycles. The van der Waals surface area contributed by atoms with Crippen LogP contribution in [0.1, 0.15) is 24.4 Å². The van der Waals surface area contributed by atoms with Gasteiger partial charge in [0.1, 0.15) is 17.5 Å². The van der Waals surface area contributed by atoms with Crippen LogP contribution in [0.5, 0.6) is 11.5 Å². The fraction of sp³-hybridized carbons (Fsp3) is 0.263. The average Bonchev–Trinajstić information content (AvgIpc) is 2.65. The van der Waals surface area contributed by atoms with E-state index in [4.69, 9.17) is 9.47 Å². The highest BCUT2D eigenvalue weighted by molar-refractivity contribution is 5.81. The van der Waals surface area contributed by atoms with Crippen LogP contribution >= 0.6 is 0 Å². The van der Waals surface area contributed by atoms with Crippen LogP contribution in [-0.2, 0) is 6.54 Å². The van der Waals surface area contributed by atoms with Gasteiger partial charge in [-0.25, -0.2) is 13.8 Å². The van der Waals surface area contributed by atoms with Gasteiger partial charge in [0.2, 0.25) is 0 Å². The van der Waals surface area contributed by atoms with Crippen molar-refractivity contribution in [1.29, 1.82) is 0 Å². The molecule has 142 valence electrons. The number of ether oxygens (including phenoxy) is 2. The van der Waals surface area contributed by atoms with E-state index in [1.807, 2.05) is 0 Å². The molecule has 0 saturated carbocycles. The summed E-state index contributed by atoms with van der Waals surface area (Å²) in [6.45, 7) is 1.93. The molecular formula is C19H19F2N3O3. The van der Waals surface area contributed by atoms with Crippen molar-refractivity contribution >= 4 is 10.9 Å². The first-order valence-electron chi connectivity index (χ1n) is 8.26. The molecule has 0 saturated heterocycles. The van der Waals surface area contributed by atoms with Gasteiger partial charge < -0.3 is 19.8 Å². The number of hydrogen-bond donors (Lipinski definition) is 2. The van der Waals surface area contributed by atoms with Gasteiger partial charge in [0, 0.05) is 23.7 Å². The van der Waals surface area contributed by atoms with E-state index in [0.29, 0.717) is 33.8 Å². The minimum Gasteiger partial charge on any atom is -0.493 e. The maximum Gasteiger partial charge on any atom is 0.258 e. The Morgan fingerprint density at radius 1 is 1.15 bits per heavy atom. The Hall–Kier alpha value is -3.00. The van der Waals surface area contributed by atoms with Gasteiger partial charge in [-0.05, 0) is 19.1 Å². The first-order chi connectivity index (χ1) is 12.9. The summed E-state index contributed by atoms with van der Waals surface area (Å²) in [4.78, 5) is 19.5. The molecule has 0 amide bonds. The number of benzene rings is 2. The summed E-state index contributed by atoms with van der Waals surface area (Å²) >= 11 is 0. The molecular weight excluding hydrogens is 356 g/mol. The van der Waals surface area contributed by atoms with Crippen molar-refractivity contribution in [3.05, 3.63) is 63.7 Å². The highest BCUT2D eigenvalue weighted by atomic mass is 19.1. The molecule has 2 aromatic carbocycles. The summed E-state index contributed by atoms with van der Waals surface area (Å²) in [5, 5.41) is 3.44.